The van der Waals surface area contributed by atoms with Gasteiger partial charge in [-0.15, -0.1) is 0 Å². The van der Waals surface area contributed by atoms with Gasteiger partial charge in [-0.05, 0) is 24.8 Å². The number of hydrogen-bond donors (Lipinski definition) is 2. The van der Waals surface area contributed by atoms with Gasteiger partial charge in [0.2, 0.25) is 5.88 Å². The monoisotopic (exact) mass is 328 g/mol. The van der Waals surface area contributed by atoms with Crippen LogP contribution in [0.25, 0.3) is 0 Å². The summed E-state index contributed by atoms with van der Waals surface area (Å²) >= 11 is 6.14. The molecular weight excluding hydrogens is 312 g/mol. The Morgan fingerprint density at radius 1 is 1.50 bits per heavy atom. The van der Waals surface area contributed by atoms with E-state index in [2.05, 4.69) is 15.0 Å². The molecule has 1 aliphatic carbocycles. The largest absolute Gasteiger partial charge is 0.468 e. The highest BCUT2D eigenvalue weighted by atomic mass is 35.5. The van der Waals surface area contributed by atoms with Crippen molar-refractivity contribution in [1.82, 2.24) is 10.3 Å². The van der Waals surface area contributed by atoms with Crippen LogP contribution in [0.2, 0.25) is 5.02 Å². The molecule has 0 saturated heterocycles. The van der Waals surface area contributed by atoms with Crippen molar-refractivity contribution >= 4 is 23.5 Å². The van der Waals surface area contributed by atoms with E-state index in [0.717, 1.165) is 30.5 Å². The first-order valence-corrected chi connectivity index (χ1v) is 7.22. The molecule has 0 aromatic carbocycles. The summed E-state index contributed by atoms with van der Waals surface area (Å²) < 4.78 is 9.74. The molecule has 1 amide bonds. The average Bonchev–Trinajstić information content (AvgIpc) is 2.98. The lowest BCUT2D eigenvalue weighted by atomic mass is 10.2. The molecular formula is C14H17ClN2O5. The van der Waals surface area contributed by atoms with Crippen LogP contribution in [0.3, 0.4) is 0 Å². The van der Waals surface area contributed by atoms with Gasteiger partial charge in [-0.3, -0.25) is 4.79 Å². The van der Waals surface area contributed by atoms with Crippen molar-refractivity contribution in [3.8, 4) is 5.88 Å². The topological polar surface area (TPSA) is 97.8 Å². The summed E-state index contributed by atoms with van der Waals surface area (Å²) in [6.07, 6.45) is 2.75. The van der Waals surface area contributed by atoms with Gasteiger partial charge in [0.15, 0.2) is 12.6 Å². The maximum absolute atomic E-state index is 11.7. The van der Waals surface area contributed by atoms with Crippen LogP contribution in [-0.4, -0.2) is 48.3 Å². The number of nitrogens with one attached hydrogen (secondary N) is 1. The Morgan fingerprint density at radius 2 is 2.27 bits per heavy atom. The highest BCUT2D eigenvalue weighted by Gasteiger charge is 2.21. The Hall–Kier alpha value is -1.86. The van der Waals surface area contributed by atoms with Gasteiger partial charge in [0.25, 0.3) is 5.91 Å². The number of nitrogens with zero attached hydrogens (tertiary/aromatic N) is 1. The number of halogens is 1. The minimum Gasteiger partial charge on any atom is -0.468 e. The number of amides is 1. The highest BCUT2D eigenvalue weighted by Crippen LogP contribution is 2.30. The highest BCUT2D eigenvalue weighted by molar-refractivity contribution is 6.31. The minimum absolute atomic E-state index is 0.263. The molecule has 1 atom stereocenters. The van der Waals surface area contributed by atoms with E-state index in [0.29, 0.717) is 5.02 Å². The number of aryl methyl sites for hydroxylation is 1. The molecule has 0 saturated carbocycles. The predicted octanol–water partition coefficient (Wildman–Crippen LogP) is 0.253. The number of rotatable bonds is 6. The zero-order valence-corrected chi connectivity index (χ0v) is 12.9. The van der Waals surface area contributed by atoms with Crippen molar-refractivity contribution in [2.45, 2.75) is 25.3 Å². The fraction of sp³-hybridized carbons (Fsp3) is 0.500. The summed E-state index contributed by atoms with van der Waals surface area (Å²) in [6, 6.07) is 0.459. The molecule has 7 nitrogen and oxygen atoms in total. The Morgan fingerprint density at radius 3 is 2.95 bits per heavy atom. The molecule has 8 heteroatoms. The summed E-state index contributed by atoms with van der Waals surface area (Å²) in [5.74, 6) is -1.03. The van der Waals surface area contributed by atoms with Crippen molar-refractivity contribution < 1.29 is 24.2 Å². The van der Waals surface area contributed by atoms with Crippen LogP contribution in [0.15, 0.2) is 6.07 Å². The normalized spacial score (nSPS) is 14.1. The number of hydrogen-bond acceptors (Lipinski definition) is 6. The summed E-state index contributed by atoms with van der Waals surface area (Å²) in [4.78, 5) is 27.3. The number of methoxy groups -OCH3 is 1. The maximum Gasteiger partial charge on any atom is 0.330 e. The number of carbonyl (C=O) groups is 2. The first-order chi connectivity index (χ1) is 10.5. The van der Waals surface area contributed by atoms with Gasteiger partial charge in [-0.25, -0.2) is 9.78 Å². The molecule has 1 aromatic heterocycles. The second-order valence-electron chi connectivity index (χ2n) is 4.84. The Labute approximate surface area is 132 Å². The Kier molecular flexibility index (Phi) is 5.57. The van der Waals surface area contributed by atoms with Gasteiger partial charge >= 0.3 is 5.97 Å². The zero-order chi connectivity index (χ0) is 16.1. The van der Waals surface area contributed by atoms with E-state index in [1.807, 2.05) is 0 Å². The number of carbonyl (C=O) groups excluding carboxylic acids is 2. The van der Waals surface area contributed by atoms with Gasteiger partial charge in [0.05, 0.1) is 18.7 Å². The van der Waals surface area contributed by atoms with Crippen molar-refractivity contribution in [2.75, 3.05) is 20.3 Å². The fourth-order valence-electron chi connectivity index (χ4n) is 2.24. The SMILES string of the molecule is COC(=O)C(CO)NC(=O)COc1cc(Cl)c2c(n1)CCC2. The average molecular weight is 329 g/mol. The van der Waals surface area contributed by atoms with Crippen molar-refractivity contribution in [3.63, 3.8) is 0 Å². The second kappa shape index (κ2) is 7.42. The number of esters is 1. The number of fused-ring (bicyclic) bond motifs is 1. The third-order valence-corrected chi connectivity index (χ3v) is 3.66. The quantitative estimate of drug-likeness (QED) is 0.727. The number of ether oxygens (including phenoxy) is 2. The van der Waals surface area contributed by atoms with Crippen molar-refractivity contribution in [1.29, 1.82) is 0 Å². The lowest BCUT2D eigenvalue weighted by Crippen LogP contribution is -2.45. The van der Waals surface area contributed by atoms with Crippen LogP contribution in [-0.2, 0) is 27.2 Å². The van der Waals surface area contributed by atoms with E-state index < -0.39 is 24.5 Å². The van der Waals surface area contributed by atoms with E-state index in [1.54, 1.807) is 6.07 Å². The van der Waals surface area contributed by atoms with Gasteiger partial charge in [-0.1, -0.05) is 11.6 Å². The van der Waals surface area contributed by atoms with E-state index in [-0.39, 0.29) is 12.5 Å². The van der Waals surface area contributed by atoms with E-state index >= 15 is 0 Å². The lowest BCUT2D eigenvalue weighted by molar-refractivity contribution is -0.146. The molecule has 1 aliphatic rings. The van der Waals surface area contributed by atoms with Crippen molar-refractivity contribution in [2.24, 2.45) is 0 Å². The zero-order valence-electron chi connectivity index (χ0n) is 12.1. The molecule has 1 unspecified atom stereocenters. The van der Waals surface area contributed by atoms with E-state index in [4.69, 9.17) is 21.4 Å². The second-order valence-corrected chi connectivity index (χ2v) is 5.24. The van der Waals surface area contributed by atoms with Crippen LogP contribution in [0.5, 0.6) is 5.88 Å². The summed E-state index contributed by atoms with van der Waals surface area (Å²) in [6.45, 7) is -0.892. The summed E-state index contributed by atoms with van der Waals surface area (Å²) in [5.41, 5.74) is 1.93. The van der Waals surface area contributed by atoms with Crippen LogP contribution < -0.4 is 10.1 Å². The molecule has 0 aliphatic heterocycles. The molecule has 1 heterocycles. The maximum atomic E-state index is 11.7. The number of aliphatic hydroxyl groups is 1. The first-order valence-electron chi connectivity index (χ1n) is 6.84. The minimum atomic E-state index is -1.11. The van der Waals surface area contributed by atoms with Gasteiger partial charge in [0, 0.05) is 11.8 Å². The number of aliphatic hydroxyl groups excluding tert-OH is 1. The number of aromatic nitrogens is 1. The molecule has 22 heavy (non-hydrogen) atoms. The van der Waals surface area contributed by atoms with Crippen LogP contribution in [0.4, 0.5) is 0 Å². The molecule has 2 N–H and O–H groups in total. The van der Waals surface area contributed by atoms with Crippen LogP contribution in [0.1, 0.15) is 17.7 Å². The third kappa shape index (κ3) is 3.86. The molecule has 2 rings (SSSR count). The lowest BCUT2D eigenvalue weighted by Gasteiger charge is -2.14. The standard InChI is InChI=1S/C14H17ClN2O5/c1-21-14(20)11(6-18)16-12(19)7-22-13-5-9(15)8-3-2-4-10(8)17-13/h5,11,18H,2-4,6-7H2,1H3,(H,16,19). The third-order valence-electron chi connectivity index (χ3n) is 3.33. The molecule has 0 spiro atoms. The van der Waals surface area contributed by atoms with Gasteiger partial charge in [0.1, 0.15) is 0 Å². The molecule has 120 valence electrons. The predicted molar refractivity (Wildman–Crippen MR) is 77.8 cm³/mol. The van der Waals surface area contributed by atoms with Crippen LogP contribution in [0, 0.1) is 0 Å². The van der Waals surface area contributed by atoms with Crippen LogP contribution >= 0.6 is 11.6 Å². The summed E-state index contributed by atoms with van der Waals surface area (Å²) in [5, 5.41) is 11.9. The molecule has 1 aromatic rings. The van der Waals surface area contributed by atoms with Crippen molar-refractivity contribution in [3.05, 3.63) is 22.3 Å². The molecule has 0 fully saturated rings. The molecule has 0 bridgehead atoms. The summed E-state index contributed by atoms with van der Waals surface area (Å²) in [7, 11) is 1.17. The van der Waals surface area contributed by atoms with E-state index in [1.165, 1.54) is 7.11 Å². The van der Waals surface area contributed by atoms with Gasteiger partial charge in [-0.2, -0.15) is 0 Å². The molecule has 0 radical (unpaired) electrons. The number of pyridine rings is 1. The fourth-order valence-corrected chi connectivity index (χ4v) is 2.54. The smallest absolute Gasteiger partial charge is 0.330 e. The Balaban J connectivity index is 1.91. The Bertz CT molecular complexity index is 579. The van der Waals surface area contributed by atoms with Gasteiger partial charge < -0.3 is 19.9 Å². The first kappa shape index (κ1) is 16.5. The van der Waals surface area contributed by atoms with E-state index in [9.17, 15) is 9.59 Å².